The molecular formula is C21H19ClN4. The zero-order valence-corrected chi connectivity index (χ0v) is 15.5. The molecule has 0 amide bonds. The molecule has 0 aliphatic heterocycles. The maximum absolute atomic E-state index is 8.89. The van der Waals surface area contributed by atoms with Crippen LogP contribution in [-0.4, -0.2) is 9.97 Å². The van der Waals surface area contributed by atoms with E-state index in [4.69, 9.17) is 16.9 Å². The molecule has 1 N–H and O–H groups in total. The molecule has 26 heavy (non-hydrogen) atoms. The fraction of sp³-hybridized carbons (Fsp3) is 0.190. The number of halogens is 1. The third-order valence-corrected chi connectivity index (χ3v) is 4.39. The van der Waals surface area contributed by atoms with Crippen molar-refractivity contribution in [3.63, 3.8) is 0 Å². The number of nitrogens with zero attached hydrogens (tertiary/aromatic N) is 3. The van der Waals surface area contributed by atoms with Crippen LogP contribution in [0.25, 0.3) is 11.4 Å². The summed E-state index contributed by atoms with van der Waals surface area (Å²) < 4.78 is 0. The van der Waals surface area contributed by atoms with Crippen LogP contribution in [-0.2, 0) is 6.54 Å². The number of aromatic nitrogens is 2. The molecule has 5 heteroatoms. The Morgan fingerprint density at radius 2 is 1.77 bits per heavy atom. The molecule has 0 saturated heterocycles. The van der Waals surface area contributed by atoms with Gasteiger partial charge in [0, 0.05) is 28.9 Å². The number of aryl methyl sites for hydroxylation is 1. The molecule has 4 nitrogen and oxygen atoms in total. The van der Waals surface area contributed by atoms with Crippen molar-refractivity contribution in [1.82, 2.24) is 15.3 Å². The lowest BCUT2D eigenvalue weighted by atomic mass is 10.1. The third kappa shape index (κ3) is 4.45. The van der Waals surface area contributed by atoms with Crippen molar-refractivity contribution in [2.45, 2.75) is 26.4 Å². The fourth-order valence-electron chi connectivity index (χ4n) is 2.67. The zero-order chi connectivity index (χ0) is 18.5. The summed E-state index contributed by atoms with van der Waals surface area (Å²) in [7, 11) is 0. The molecule has 2 aromatic carbocycles. The van der Waals surface area contributed by atoms with Crippen LogP contribution < -0.4 is 5.32 Å². The summed E-state index contributed by atoms with van der Waals surface area (Å²) in [4.78, 5) is 9.19. The van der Waals surface area contributed by atoms with Crippen LogP contribution in [0.5, 0.6) is 0 Å². The summed E-state index contributed by atoms with van der Waals surface area (Å²) in [6, 6.07) is 19.4. The first-order chi connectivity index (χ1) is 12.5. The molecule has 0 radical (unpaired) electrons. The van der Waals surface area contributed by atoms with Crippen LogP contribution in [0.1, 0.15) is 35.5 Å². The van der Waals surface area contributed by atoms with E-state index in [9.17, 15) is 0 Å². The van der Waals surface area contributed by atoms with Gasteiger partial charge >= 0.3 is 0 Å². The van der Waals surface area contributed by atoms with Crippen molar-refractivity contribution >= 4 is 11.6 Å². The van der Waals surface area contributed by atoms with Crippen molar-refractivity contribution in [3.05, 3.63) is 82.1 Å². The number of hydrogen-bond donors (Lipinski definition) is 1. The van der Waals surface area contributed by atoms with Crippen LogP contribution >= 0.6 is 11.6 Å². The van der Waals surface area contributed by atoms with E-state index in [2.05, 4.69) is 28.3 Å². The average Bonchev–Trinajstić information content (AvgIpc) is 2.66. The maximum atomic E-state index is 8.89. The van der Waals surface area contributed by atoms with Gasteiger partial charge in [-0.05, 0) is 61.9 Å². The van der Waals surface area contributed by atoms with Crippen molar-refractivity contribution in [1.29, 1.82) is 5.26 Å². The Bertz CT molecular complexity index is 928. The Labute approximate surface area is 158 Å². The predicted molar refractivity (Wildman–Crippen MR) is 104 cm³/mol. The van der Waals surface area contributed by atoms with Crippen molar-refractivity contribution in [3.8, 4) is 17.5 Å². The molecule has 0 unspecified atom stereocenters. The molecular weight excluding hydrogens is 344 g/mol. The Kier molecular flexibility index (Phi) is 5.62. The number of nitrogens with one attached hydrogen (secondary N) is 1. The van der Waals surface area contributed by atoms with Gasteiger partial charge in [0.1, 0.15) is 0 Å². The fourth-order valence-corrected chi connectivity index (χ4v) is 2.80. The Morgan fingerprint density at radius 3 is 2.42 bits per heavy atom. The molecule has 1 atom stereocenters. The summed E-state index contributed by atoms with van der Waals surface area (Å²) in [5.41, 5.74) is 4.60. The molecule has 0 bridgehead atoms. The minimum Gasteiger partial charge on any atom is -0.305 e. The van der Waals surface area contributed by atoms with Gasteiger partial charge in [0.2, 0.25) is 0 Å². The molecule has 3 rings (SSSR count). The first kappa shape index (κ1) is 18.1. The lowest BCUT2D eigenvalue weighted by Gasteiger charge is -2.15. The number of hydrogen-bond acceptors (Lipinski definition) is 4. The molecule has 3 aromatic rings. The van der Waals surface area contributed by atoms with Crippen LogP contribution in [0.3, 0.4) is 0 Å². The number of rotatable bonds is 5. The van der Waals surface area contributed by atoms with Gasteiger partial charge in [0.25, 0.3) is 0 Å². The van der Waals surface area contributed by atoms with Crippen molar-refractivity contribution < 1.29 is 0 Å². The van der Waals surface area contributed by atoms with E-state index in [-0.39, 0.29) is 6.04 Å². The minimum absolute atomic E-state index is 0.150. The van der Waals surface area contributed by atoms with E-state index in [0.29, 0.717) is 23.0 Å². The third-order valence-electron chi connectivity index (χ3n) is 4.14. The summed E-state index contributed by atoms with van der Waals surface area (Å²) >= 11 is 5.95. The largest absolute Gasteiger partial charge is 0.305 e. The van der Waals surface area contributed by atoms with Gasteiger partial charge in [-0.25, -0.2) is 9.97 Å². The van der Waals surface area contributed by atoms with E-state index in [1.165, 1.54) is 0 Å². The van der Waals surface area contributed by atoms with Gasteiger partial charge in [-0.1, -0.05) is 23.7 Å². The first-order valence-electron chi connectivity index (χ1n) is 8.39. The van der Waals surface area contributed by atoms with Crippen LogP contribution in [0, 0.1) is 18.3 Å². The summed E-state index contributed by atoms with van der Waals surface area (Å²) in [5.74, 6) is 0.699. The second-order valence-electron chi connectivity index (χ2n) is 6.17. The van der Waals surface area contributed by atoms with E-state index in [0.717, 1.165) is 22.5 Å². The number of benzene rings is 2. The lowest BCUT2D eigenvalue weighted by molar-refractivity contribution is 0.567. The Balaban J connectivity index is 1.73. The van der Waals surface area contributed by atoms with Crippen LogP contribution in [0.2, 0.25) is 5.02 Å². The normalized spacial score (nSPS) is 11.8. The van der Waals surface area contributed by atoms with E-state index in [1.54, 1.807) is 0 Å². The van der Waals surface area contributed by atoms with Gasteiger partial charge < -0.3 is 5.32 Å². The van der Waals surface area contributed by atoms with Gasteiger partial charge in [-0.15, -0.1) is 0 Å². The summed E-state index contributed by atoms with van der Waals surface area (Å²) in [6.45, 7) is 4.69. The van der Waals surface area contributed by atoms with Crippen LogP contribution in [0.4, 0.5) is 0 Å². The van der Waals surface area contributed by atoms with Gasteiger partial charge in [-0.3, -0.25) is 0 Å². The van der Waals surface area contributed by atoms with E-state index >= 15 is 0 Å². The molecule has 130 valence electrons. The molecule has 0 fully saturated rings. The zero-order valence-electron chi connectivity index (χ0n) is 14.7. The van der Waals surface area contributed by atoms with Gasteiger partial charge in [0.15, 0.2) is 5.82 Å². The molecule has 0 saturated carbocycles. The van der Waals surface area contributed by atoms with Crippen molar-refractivity contribution in [2.75, 3.05) is 0 Å². The standard InChI is InChI=1S/C21H19ClN4/c1-14-11-20(26-21(25-14)18-7-9-19(22)10-8-18)13-24-15(2)17-5-3-16(12-23)4-6-17/h3-11,15,24H,13H2,1-2H3/t15-/m1/s1. The van der Waals surface area contributed by atoms with Gasteiger partial charge in [0.05, 0.1) is 17.3 Å². The summed E-state index contributed by atoms with van der Waals surface area (Å²) in [6.07, 6.45) is 0. The SMILES string of the molecule is Cc1cc(CN[C@H](C)c2ccc(C#N)cc2)nc(-c2ccc(Cl)cc2)n1. The molecule has 0 aliphatic carbocycles. The quantitative estimate of drug-likeness (QED) is 0.706. The second kappa shape index (κ2) is 8.09. The first-order valence-corrected chi connectivity index (χ1v) is 8.77. The number of nitriles is 1. The average molecular weight is 363 g/mol. The highest BCUT2D eigenvalue weighted by Crippen LogP contribution is 2.19. The monoisotopic (exact) mass is 362 g/mol. The maximum Gasteiger partial charge on any atom is 0.159 e. The smallest absolute Gasteiger partial charge is 0.159 e. The molecule has 0 spiro atoms. The lowest BCUT2D eigenvalue weighted by Crippen LogP contribution is -2.19. The molecule has 0 aliphatic rings. The highest BCUT2D eigenvalue weighted by atomic mass is 35.5. The summed E-state index contributed by atoms with van der Waals surface area (Å²) in [5, 5.41) is 13.1. The van der Waals surface area contributed by atoms with E-state index in [1.807, 2.05) is 61.5 Å². The van der Waals surface area contributed by atoms with E-state index < -0.39 is 0 Å². The van der Waals surface area contributed by atoms with Crippen LogP contribution in [0.15, 0.2) is 54.6 Å². The molecule has 1 aromatic heterocycles. The van der Waals surface area contributed by atoms with Crippen molar-refractivity contribution in [2.24, 2.45) is 0 Å². The second-order valence-corrected chi connectivity index (χ2v) is 6.60. The Hall–Kier alpha value is -2.74. The predicted octanol–water partition coefficient (Wildman–Crippen LogP) is 4.83. The highest BCUT2D eigenvalue weighted by Gasteiger charge is 2.08. The topological polar surface area (TPSA) is 61.6 Å². The molecule has 1 heterocycles. The van der Waals surface area contributed by atoms with Gasteiger partial charge in [-0.2, -0.15) is 5.26 Å². The Morgan fingerprint density at radius 1 is 1.08 bits per heavy atom. The minimum atomic E-state index is 0.150. The highest BCUT2D eigenvalue weighted by molar-refractivity contribution is 6.30.